The van der Waals surface area contributed by atoms with Gasteiger partial charge in [0.25, 0.3) is 5.69 Å². The highest BCUT2D eigenvalue weighted by Crippen LogP contribution is 2.42. The van der Waals surface area contributed by atoms with Crippen molar-refractivity contribution in [2.45, 2.75) is 32.6 Å². The van der Waals surface area contributed by atoms with Crippen LogP contribution in [0.3, 0.4) is 0 Å². The molecule has 5 nitrogen and oxygen atoms in total. The monoisotopic (exact) mass is 260 g/mol. The molecule has 1 aliphatic rings. The molecule has 0 bridgehead atoms. The molecule has 0 spiro atoms. The number of nitrogens with zero attached hydrogens (tertiary/aromatic N) is 2. The van der Waals surface area contributed by atoms with E-state index in [2.05, 4.69) is 12.1 Å². The number of allylic oxidation sites excluding steroid dienone is 2. The lowest BCUT2D eigenvalue weighted by atomic mass is 9.91. The molecule has 0 saturated heterocycles. The van der Waals surface area contributed by atoms with Crippen molar-refractivity contribution in [2.75, 3.05) is 0 Å². The fourth-order valence-corrected chi connectivity index (χ4v) is 2.75. The molecule has 1 aromatic rings. The third-order valence-electron chi connectivity index (χ3n) is 3.56. The molecule has 0 amide bonds. The van der Waals surface area contributed by atoms with Gasteiger partial charge < -0.3 is 0 Å². The summed E-state index contributed by atoms with van der Waals surface area (Å²) in [7, 11) is 0. The van der Waals surface area contributed by atoms with E-state index in [-0.39, 0.29) is 5.69 Å². The molecular weight excluding hydrogens is 244 g/mol. The van der Waals surface area contributed by atoms with Crippen molar-refractivity contribution in [3.8, 4) is 0 Å². The van der Waals surface area contributed by atoms with Crippen molar-refractivity contribution in [1.29, 1.82) is 0 Å². The number of benzene rings is 1. The van der Waals surface area contributed by atoms with Crippen molar-refractivity contribution >= 4 is 11.3 Å². The van der Waals surface area contributed by atoms with Crippen LogP contribution >= 0.6 is 0 Å². The van der Waals surface area contributed by atoms with E-state index in [9.17, 15) is 15.0 Å². The van der Waals surface area contributed by atoms with Gasteiger partial charge in [-0.1, -0.05) is 25.5 Å². The Morgan fingerprint density at radius 1 is 1.47 bits per heavy atom. The summed E-state index contributed by atoms with van der Waals surface area (Å²) in [4.78, 5) is 21.3. The SMILES string of the molecule is CCCC1CCC(N=O)=C1c1cccc([N+](=O)[O-])c1. The fourth-order valence-electron chi connectivity index (χ4n) is 2.75. The minimum Gasteiger partial charge on any atom is -0.258 e. The van der Waals surface area contributed by atoms with Crippen LogP contribution in [0.1, 0.15) is 38.2 Å². The first-order chi connectivity index (χ1) is 9.17. The van der Waals surface area contributed by atoms with Crippen LogP contribution in [-0.2, 0) is 0 Å². The summed E-state index contributed by atoms with van der Waals surface area (Å²) in [6.07, 6.45) is 3.59. The molecule has 0 radical (unpaired) electrons. The van der Waals surface area contributed by atoms with Crippen LogP contribution in [0.15, 0.2) is 35.1 Å². The molecule has 0 aliphatic heterocycles. The van der Waals surface area contributed by atoms with E-state index in [0.717, 1.165) is 30.4 Å². The molecule has 0 heterocycles. The highest BCUT2D eigenvalue weighted by molar-refractivity contribution is 5.73. The van der Waals surface area contributed by atoms with Crippen molar-refractivity contribution in [2.24, 2.45) is 11.1 Å². The minimum absolute atomic E-state index is 0.0531. The largest absolute Gasteiger partial charge is 0.270 e. The molecule has 0 N–H and O–H groups in total. The van der Waals surface area contributed by atoms with E-state index in [1.165, 1.54) is 12.1 Å². The number of nitroso groups, excluding NO2 is 1. The zero-order valence-corrected chi connectivity index (χ0v) is 10.8. The lowest BCUT2D eigenvalue weighted by Crippen LogP contribution is -1.99. The molecule has 5 heteroatoms. The van der Waals surface area contributed by atoms with Gasteiger partial charge in [-0.25, -0.2) is 0 Å². The zero-order chi connectivity index (χ0) is 13.8. The average molecular weight is 260 g/mol. The van der Waals surface area contributed by atoms with E-state index >= 15 is 0 Å². The second kappa shape index (κ2) is 5.73. The average Bonchev–Trinajstić information content (AvgIpc) is 2.82. The van der Waals surface area contributed by atoms with Gasteiger partial charge in [-0.3, -0.25) is 10.1 Å². The summed E-state index contributed by atoms with van der Waals surface area (Å²) in [5, 5.41) is 13.9. The maximum absolute atomic E-state index is 10.9. The molecule has 1 atom stereocenters. The number of nitro benzene ring substituents is 1. The Balaban J connectivity index is 2.44. The fraction of sp³-hybridized carbons (Fsp3) is 0.429. The second-order valence-corrected chi connectivity index (χ2v) is 4.78. The van der Waals surface area contributed by atoms with Crippen LogP contribution in [-0.4, -0.2) is 4.92 Å². The van der Waals surface area contributed by atoms with E-state index in [1.807, 2.05) is 6.07 Å². The quantitative estimate of drug-likeness (QED) is 0.450. The first-order valence-corrected chi connectivity index (χ1v) is 6.48. The molecule has 19 heavy (non-hydrogen) atoms. The summed E-state index contributed by atoms with van der Waals surface area (Å²) in [6.45, 7) is 2.09. The summed E-state index contributed by atoms with van der Waals surface area (Å²) >= 11 is 0. The topological polar surface area (TPSA) is 72.6 Å². The normalized spacial score (nSPS) is 18.7. The van der Waals surface area contributed by atoms with Gasteiger partial charge in [0, 0.05) is 12.1 Å². The molecule has 1 unspecified atom stereocenters. The van der Waals surface area contributed by atoms with Crippen molar-refractivity contribution in [1.82, 2.24) is 0 Å². The number of hydrogen-bond donors (Lipinski definition) is 0. The Bertz CT molecular complexity index is 537. The van der Waals surface area contributed by atoms with Crippen LogP contribution < -0.4 is 0 Å². The number of non-ortho nitro benzene ring substituents is 1. The van der Waals surface area contributed by atoms with Gasteiger partial charge in [-0.05, 0) is 41.5 Å². The molecule has 100 valence electrons. The van der Waals surface area contributed by atoms with Crippen LogP contribution in [0.2, 0.25) is 0 Å². The predicted molar refractivity (Wildman–Crippen MR) is 73.4 cm³/mol. The van der Waals surface area contributed by atoms with Gasteiger partial charge >= 0.3 is 0 Å². The molecule has 0 saturated carbocycles. The van der Waals surface area contributed by atoms with Gasteiger partial charge in [0.2, 0.25) is 0 Å². The van der Waals surface area contributed by atoms with Gasteiger partial charge in [-0.15, -0.1) is 4.91 Å². The second-order valence-electron chi connectivity index (χ2n) is 4.78. The van der Waals surface area contributed by atoms with Gasteiger partial charge in [0.05, 0.1) is 10.6 Å². The van der Waals surface area contributed by atoms with Crippen LogP contribution in [0.5, 0.6) is 0 Å². The summed E-state index contributed by atoms with van der Waals surface area (Å²) < 4.78 is 0. The Kier molecular flexibility index (Phi) is 4.04. The summed E-state index contributed by atoms with van der Waals surface area (Å²) in [6, 6.07) is 6.47. The van der Waals surface area contributed by atoms with Crippen LogP contribution in [0.25, 0.3) is 5.57 Å². The number of rotatable bonds is 5. The Morgan fingerprint density at radius 2 is 2.26 bits per heavy atom. The third kappa shape index (κ3) is 2.70. The third-order valence-corrected chi connectivity index (χ3v) is 3.56. The van der Waals surface area contributed by atoms with E-state index in [1.54, 1.807) is 6.07 Å². The molecule has 0 aromatic heterocycles. The van der Waals surface area contributed by atoms with Gasteiger partial charge in [0.1, 0.15) is 0 Å². The molecule has 1 aliphatic carbocycles. The lowest BCUT2D eigenvalue weighted by Gasteiger charge is -2.13. The zero-order valence-electron chi connectivity index (χ0n) is 10.8. The molecular formula is C14H16N2O3. The van der Waals surface area contributed by atoms with Crippen LogP contribution in [0.4, 0.5) is 5.69 Å². The van der Waals surface area contributed by atoms with Crippen LogP contribution in [0, 0.1) is 20.9 Å². The summed E-state index contributed by atoms with van der Waals surface area (Å²) in [5.41, 5.74) is 2.27. The van der Waals surface area contributed by atoms with E-state index < -0.39 is 4.92 Å². The predicted octanol–water partition coefficient (Wildman–Crippen LogP) is 4.28. The van der Waals surface area contributed by atoms with Crippen molar-refractivity contribution < 1.29 is 4.92 Å². The maximum atomic E-state index is 10.9. The highest BCUT2D eigenvalue weighted by atomic mass is 16.6. The van der Waals surface area contributed by atoms with Crippen molar-refractivity contribution in [3.05, 3.63) is 50.5 Å². The first kappa shape index (κ1) is 13.4. The summed E-state index contributed by atoms with van der Waals surface area (Å²) in [5.74, 6) is 0.291. The first-order valence-electron chi connectivity index (χ1n) is 6.48. The Morgan fingerprint density at radius 3 is 2.89 bits per heavy atom. The maximum Gasteiger partial charge on any atom is 0.270 e. The number of hydrogen-bond acceptors (Lipinski definition) is 4. The standard InChI is InChI=1S/C14H16N2O3/c1-2-4-10-7-8-13(15-17)14(10)11-5-3-6-12(9-11)16(18)19/h3,5-6,9-10H,2,4,7-8H2,1H3. The van der Waals surface area contributed by atoms with E-state index in [4.69, 9.17) is 0 Å². The lowest BCUT2D eigenvalue weighted by molar-refractivity contribution is -0.384. The Hall–Kier alpha value is -2.04. The Labute approximate surface area is 111 Å². The smallest absolute Gasteiger partial charge is 0.258 e. The molecule has 0 fully saturated rings. The molecule has 2 rings (SSSR count). The molecule has 1 aromatic carbocycles. The van der Waals surface area contributed by atoms with Gasteiger partial charge in [-0.2, -0.15) is 0 Å². The van der Waals surface area contributed by atoms with Crippen molar-refractivity contribution in [3.63, 3.8) is 0 Å². The van der Waals surface area contributed by atoms with Gasteiger partial charge in [0.15, 0.2) is 0 Å². The van der Waals surface area contributed by atoms with E-state index in [0.29, 0.717) is 18.0 Å². The highest BCUT2D eigenvalue weighted by Gasteiger charge is 2.27. The minimum atomic E-state index is -0.415. The number of nitro groups is 1.